The average Bonchev–Trinajstić information content (AvgIpc) is 2.31. The van der Waals surface area contributed by atoms with Gasteiger partial charge in [0, 0.05) is 19.4 Å². The zero-order valence-electron chi connectivity index (χ0n) is 7.61. The second-order valence-electron chi connectivity index (χ2n) is 4.44. The molecule has 1 aliphatic rings. The van der Waals surface area contributed by atoms with Crippen molar-refractivity contribution in [2.24, 2.45) is 11.3 Å². The van der Waals surface area contributed by atoms with E-state index in [1.165, 1.54) is 0 Å². The minimum absolute atomic E-state index is 0.00620. The van der Waals surface area contributed by atoms with Gasteiger partial charge in [0.15, 0.2) is 0 Å². The quantitative estimate of drug-likeness (QED) is 0.688. The first kappa shape index (κ1) is 9.90. The second kappa shape index (κ2) is 2.95. The van der Waals surface area contributed by atoms with Gasteiger partial charge in [-0.05, 0) is 17.8 Å². The van der Waals surface area contributed by atoms with Crippen molar-refractivity contribution in [2.45, 2.75) is 39.0 Å². The summed E-state index contributed by atoms with van der Waals surface area (Å²) in [6, 6.07) is 0. The number of alkyl halides is 2. The van der Waals surface area contributed by atoms with E-state index in [-0.39, 0.29) is 30.8 Å². The fourth-order valence-corrected chi connectivity index (χ4v) is 1.75. The molecular weight excluding hydrogens is 162 g/mol. The predicted octanol–water partition coefficient (Wildman–Crippen LogP) is 2.44. The van der Waals surface area contributed by atoms with Crippen LogP contribution in [-0.2, 0) is 0 Å². The summed E-state index contributed by atoms with van der Waals surface area (Å²) in [5.41, 5.74) is -0.347. The highest BCUT2D eigenvalue weighted by Gasteiger charge is 2.45. The second-order valence-corrected chi connectivity index (χ2v) is 4.44. The SMILES string of the molecule is CC(C)(CO)C1CCC(F)(F)C1. The van der Waals surface area contributed by atoms with Crippen molar-refractivity contribution in [3.05, 3.63) is 0 Å². The Hall–Kier alpha value is -0.180. The maximum Gasteiger partial charge on any atom is 0.248 e. The van der Waals surface area contributed by atoms with Crippen molar-refractivity contribution < 1.29 is 13.9 Å². The monoisotopic (exact) mass is 178 g/mol. The van der Waals surface area contributed by atoms with Crippen LogP contribution in [0, 0.1) is 11.3 Å². The summed E-state index contributed by atoms with van der Waals surface area (Å²) < 4.78 is 25.6. The van der Waals surface area contributed by atoms with Crippen molar-refractivity contribution in [1.29, 1.82) is 0 Å². The molecule has 1 fully saturated rings. The van der Waals surface area contributed by atoms with Crippen LogP contribution in [0.2, 0.25) is 0 Å². The summed E-state index contributed by atoms with van der Waals surface area (Å²) in [7, 11) is 0. The Balaban J connectivity index is 2.58. The molecule has 0 heterocycles. The van der Waals surface area contributed by atoms with E-state index in [9.17, 15) is 8.78 Å². The zero-order valence-corrected chi connectivity index (χ0v) is 7.61. The van der Waals surface area contributed by atoms with Crippen LogP contribution in [-0.4, -0.2) is 17.6 Å². The highest BCUT2D eigenvalue weighted by Crippen LogP contribution is 2.46. The van der Waals surface area contributed by atoms with Crippen molar-refractivity contribution in [3.8, 4) is 0 Å². The van der Waals surface area contributed by atoms with Crippen LogP contribution in [0.3, 0.4) is 0 Å². The van der Waals surface area contributed by atoms with Gasteiger partial charge in [0.1, 0.15) is 0 Å². The Morgan fingerprint density at radius 3 is 2.42 bits per heavy atom. The standard InChI is InChI=1S/C9H16F2O/c1-8(2,6-12)7-3-4-9(10,11)5-7/h7,12H,3-6H2,1-2H3. The minimum atomic E-state index is -2.49. The van der Waals surface area contributed by atoms with E-state index < -0.39 is 5.92 Å². The van der Waals surface area contributed by atoms with Gasteiger partial charge in [-0.3, -0.25) is 0 Å². The van der Waals surface area contributed by atoms with Gasteiger partial charge in [0.2, 0.25) is 5.92 Å². The fraction of sp³-hybridized carbons (Fsp3) is 1.00. The molecular formula is C9H16F2O. The van der Waals surface area contributed by atoms with Gasteiger partial charge in [-0.25, -0.2) is 8.78 Å². The molecule has 0 aromatic carbocycles. The van der Waals surface area contributed by atoms with E-state index in [1.807, 2.05) is 13.8 Å². The molecule has 0 amide bonds. The molecule has 1 N–H and O–H groups in total. The number of aliphatic hydroxyl groups excluding tert-OH is 1. The molecule has 0 radical (unpaired) electrons. The van der Waals surface area contributed by atoms with Gasteiger partial charge in [-0.15, -0.1) is 0 Å². The average molecular weight is 178 g/mol. The van der Waals surface area contributed by atoms with Crippen LogP contribution in [0.5, 0.6) is 0 Å². The Bertz CT molecular complexity index is 166. The maximum absolute atomic E-state index is 12.8. The first-order valence-corrected chi connectivity index (χ1v) is 4.36. The lowest BCUT2D eigenvalue weighted by atomic mass is 9.78. The van der Waals surface area contributed by atoms with Crippen molar-refractivity contribution >= 4 is 0 Å². The van der Waals surface area contributed by atoms with Crippen LogP contribution < -0.4 is 0 Å². The summed E-state index contributed by atoms with van der Waals surface area (Å²) in [4.78, 5) is 0. The summed E-state index contributed by atoms with van der Waals surface area (Å²) in [5.74, 6) is -2.52. The molecule has 0 aromatic heterocycles. The van der Waals surface area contributed by atoms with Gasteiger partial charge >= 0.3 is 0 Å². The van der Waals surface area contributed by atoms with Gasteiger partial charge in [0.25, 0.3) is 0 Å². The molecule has 1 nitrogen and oxygen atoms in total. The topological polar surface area (TPSA) is 20.2 Å². The number of hydrogen-bond donors (Lipinski definition) is 1. The molecule has 1 rings (SSSR count). The smallest absolute Gasteiger partial charge is 0.248 e. The first-order valence-electron chi connectivity index (χ1n) is 4.36. The molecule has 1 unspecified atom stereocenters. The normalized spacial score (nSPS) is 29.2. The van der Waals surface area contributed by atoms with E-state index in [1.54, 1.807) is 0 Å². The lowest BCUT2D eigenvalue weighted by Gasteiger charge is -2.29. The third-order valence-corrected chi connectivity index (χ3v) is 2.92. The maximum atomic E-state index is 12.8. The van der Waals surface area contributed by atoms with Crippen molar-refractivity contribution in [3.63, 3.8) is 0 Å². The van der Waals surface area contributed by atoms with E-state index in [2.05, 4.69) is 0 Å². The fourth-order valence-electron chi connectivity index (χ4n) is 1.75. The first-order chi connectivity index (χ1) is 5.37. The Kier molecular flexibility index (Phi) is 2.43. The summed E-state index contributed by atoms with van der Waals surface area (Å²) in [5, 5.41) is 8.98. The Labute approximate surface area is 71.8 Å². The van der Waals surface area contributed by atoms with E-state index in [4.69, 9.17) is 5.11 Å². The Morgan fingerprint density at radius 2 is 2.08 bits per heavy atom. The molecule has 1 saturated carbocycles. The molecule has 0 spiro atoms. The number of aliphatic hydroxyl groups is 1. The third kappa shape index (κ3) is 1.94. The lowest BCUT2D eigenvalue weighted by molar-refractivity contribution is -0.00692. The van der Waals surface area contributed by atoms with Gasteiger partial charge in [-0.1, -0.05) is 13.8 Å². The van der Waals surface area contributed by atoms with Gasteiger partial charge in [0.05, 0.1) is 0 Å². The predicted molar refractivity (Wildman–Crippen MR) is 43.2 cm³/mol. The third-order valence-electron chi connectivity index (χ3n) is 2.92. The Morgan fingerprint density at radius 1 is 1.50 bits per heavy atom. The molecule has 0 aliphatic heterocycles. The molecule has 0 aromatic rings. The summed E-state index contributed by atoms with van der Waals surface area (Å²) in [6.45, 7) is 3.69. The van der Waals surface area contributed by atoms with E-state index in [0.717, 1.165) is 0 Å². The van der Waals surface area contributed by atoms with Crippen LogP contribution in [0.15, 0.2) is 0 Å². The largest absolute Gasteiger partial charge is 0.396 e. The van der Waals surface area contributed by atoms with Crippen LogP contribution >= 0.6 is 0 Å². The zero-order chi connectivity index (χ0) is 9.41. The molecule has 1 atom stereocenters. The van der Waals surface area contributed by atoms with Crippen LogP contribution in [0.1, 0.15) is 33.1 Å². The molecule has 0 saturated heterocycles. The van der Waals surface area contributed by atoms with Gasteiger partial charge < -0.3 is 5.11 Å². The minimum Gasteiger partial charge on any atom is -0.396 e. The molecule has 3 heteroatoms. The number of rotatable bonds is 2. The van der Waals surface area contributed by atoms with Gasteiger partial charge in [-0.2, -0.15) is 0 Å². The lowest BCUT2D eigenvalue weighted by Crippen LogP contribution is -2.27. The summed E-state index contributed by atoms with van der Waals surface area (Å²) in [6.07, 6.45) is 0.474. The highest BCUT2D eigenvalue weighted by atomic mass is 19.3. The number of halogens is 2. The van der Waals surface area contributed by atoms with E-state index >= 15 is 0 Å². The van der Waals surface area contributed by atoms with Crippen LogP contribution in [0.25, 0.3) is 0 Å². The molecule has 72 valence electrons. The van der Waals surface area contributed by atoms with Crippen molar-refractivity contribution in [1.82, 2.24) is 0 Å². The van der Waals surface area contributed by atoms with E-state index in [0.29, 0.717) is 6.42 Å². The van der Waals surface area contributed by atoms with Crippen LogP contribution in [0.4, 0.5) is 8.78 Å². The number of hydrogen-bond acceptors (Lipinski definition) is 1. The molecule has 0 bridgehead atoms. The highest BCUT2D eigenvalue weighted by molar-refractivity contribution is 4.89. The van der Waals surface area contributed by atoms with Crippen molar-refractivity contribution in [2.75, 3.05) is 6.61 Å². The summed E-state index contributed by atoms with van der Waals surface area (Å²) >= 11 is 0. The molecule has 12 heavy (non-hydrogen) atoms. The molecule has 1 aliphatic carbocycles.